The average Bonchev–Trinajstić information content (AvgIpc) is 3.10. The van der Waals surface area contributed by atoms with E-state index in [1.165, 1.54) is 0 Å². The molecule has 0 N–H and O–H groups in total. The minimum Gasteiger partial charge on any atom is -0.497 e. The number of nitrogens with zero attached hydrogens (tertiary/aromatic N) is 2. The predicted octanol–water partition coefficient (Wildman–Crippen LogP) is 2.44. The molecule has 3 heterocycles. The van der Waals surface area contributed by atoms with E-state index in [2.05, 4.69) is 0 Å². The maximum Gasteiger partial charge on any atom is 0.289 e. The summed E-state index contributed by atoms with van der Waals surface area (Å²) in [5, 5.41) is 0.926. The lowest BCUT2D eigenvalue weighted by Crippen LogP contribution is -2.47. The lowest BCUT2D eigenvalue weighted by molar-refractivity contribution is -0.127. The van der Waals surface area contributed by atoms with Gasteiger partial charge in [-0.2, -0.15) is 0 Å². The highest BCUT2D eigenvalue weighted by atomic mass is 16.5. The molecular formula is C19H22N2O4. The van der Waals surface area contributed by atoms with Crippen molar-refractivity contribution in [2.45, 2.75) is 25.8 Å². The summed E-state index contributed by atoms with van der Waals surface area (Å²) >= 11 is 0. The van der Waals surface area contributed by atoms with Gasteiger partial charge in [0.05, 0.1) is 7.11 Å². The number of rotatable bonds is 2. The van der Waals surface area contributed by atoms with Gasteiger partial charge in [-0.25, -0.2) is 0 Å². The fourth-order valence-electron chi connectivity index (χ4n) is 4.15. The van der Waals surface area contributed by atoms with Gasteiger partial charge in [0.25, 0.3) is 5.91 Å². The standard InChI is InChI=1S/C19H22N2O4/c1-11-14-5-4-13(24-3)9-16(14)25-18(11)19(23)21-7-6-15-12(10-21)8-17(22)20(15)2/h4-5,9,12,15H,6-8,10H2,1-3H3/t12-,15+/m1/s1. The summed E-state index contributed by atoms with van der Waals surface area (Å²) in [6, 6.07) is 5.85. The SMILES string of the molecule is COc1ccc2c(C)c(C(=O)N3CC[C@H]4[C@H](CC(=O)N4C)C3)oc2c1. The summed E-state index contributed by atoms with van der Waals surface area (Å²) in [5.74, 6) is 1.40. The number of piperidine rings is 1. The molecule has 2 amide bonds. The van der Waals surface area contributed by atoms with Gasteiger partial charge in [-0.05, 0) is 25.5 Å². The number of carbonyl (C=O) groups excluding carboxylic acids is 2. The Morgan fingerprint density at radius 1 is 1.36 bits per heavy atom. The van der Waals surface area contributed by atoms with E-state index in [0.29, 0.717) is 36.6 Å². The Bertz CT molecular complexity index is 856. The van der Waals surface area contributed by atoms with Gasteiger partial charge in [-0.3, -0.25) is 9.59 Å². The molecule has 2 fully saturated rings. The van der Waals surface area contributed by atoms with Gasteiger partial charge in [0.15, 0.2) is 5.76 Å². The van der Waals surface area contributed by atoms with Crippen molar-refractivity contribution in [2.24, 2.45) is 5.92 Å². The second-order valence-electron chi connectivity index (χ2n) is 6.99. The molecule has 0 bridgehead atoms. The van der Waals surface area contributed by atoms with Crippen LogP contribution in [-0.4, -0.2) is 54.9 Å². The molecule has 0 aliphatic carbocycles. The fraction of sp³-hybridized carbons (Fsp3) is 0.474. The highest BCUT2D eigenvalue weighted by molar-refractivity contribution is 5.99. The first kappa shape index (κ1) is 16.0. The van der Waals surface area contributed by atoms with E-state index in [1.54, 1.807) is 13.2 Å². The number of hydrogen-bond donors (Lipinski definition) is 0. The van der Waals surface area contributed by atoms with Crippen LogP contribution in [0, 0.1) is 12.8 Å². The lowest BCUT2D eigenvalue weighted by atomic mass is 9.92. The number of aryl methyl sites for hydroxylation is 1. The Kier molecular flexibility index (Phi) is 3.71. The molecule has 0 spiro atoms. The third-order valence-corrected chi connectivity index (χ3v) is 5.65. The molecule has 2 saturated heterocycles. The topological polar surface area (TPSA) is 63.0 Å². The molecule has 1 aromatic heterocycles. The summed E-state index contributed by atoms with van der Waals surface area (Å²) in [6.07, 6.45) is 1.35. The van der Waals surface area contributed by atoms with Crippen molar-refractivity contribution in [1.29, 1.82) is 0 Å². The first-order chi connectivity index (χ1) is 12.0. The highest BCUT2D eigenvalue weighted by Gasteiger charge is 2.42. The van der Waals surface area contributed by atoms with Crippen LogP contribution in [0.1, 0.15) is 29.0 Å². The highest BCUT2D eigenvalue weighted by Crippen LogP contribution is 2.34. The van der Waals surface area contributed by atoms with Crippen LogP contribution >= 0.6 is 0 Å². The lowest BCUT2D eigenvalue weighted by Gasteiger charge is -2.36. The molecule has 2 aliphatic rings. The van der Waals surface area contributed by atoms with Crippen molar-refractivity contribution < 1.29 is 18.7 Å². The number of furan rings is 1. The van der Waals surface area contributed by atoms with E-state index in [0.717, 1.165) is 17.4 Å². The molecule has 25 heavy (non-hydrogen) atoms. The van der Waals surface area contributed by atoms with E-state index in [-0.39, 0.29) is 23.8 Å². The van der Waals surface area contributed by atoms with Crippen molar-refractivity contribution in [3.05, 3.63) is 29.5 Å². The third kappa shape index (κ3) is 2.47. The molecule has 6 nitrogen and oxygen atoms in total. The molecule has 0 unspecified atom stereocenters. The Balaban J connectivity index is 1.60. The zero-order chi connectivity index (χ0) is 17.7. The van der Waals surface area contributed by atoms with Crippen molar-refractivity contribution in [3.63, 3.8) is 0 Å². The molecule has 2 aromatic rings. The van der Waals surface area contributed by atoms with E-state index in [9.17, 15) is 9.59 Å². The molecule has 0 saturated carbocycles. The smallest absolute Gasteiger partial charge is 0.289 e. The summed E-state index contributed by atoms with van der Waals surface area (Å²) in [5.41, 5.74) is 1.51. The number of carbonyl (C=O) groups is 2. The molecule has 1 aromatic carbocycles. The Morgan fingerprint density at radius 3 is 2.92 bits per heavy atom. The predicted molar refractivity (Wildman–Crippen MR) is 92.7 cm³/mol. The van der Waals surface area contributed by atoms with Gasteiger partial charge in [-0.15, -0.1) is 0 Å². The van der Waals surface area contributed by atoms with Crippen LogP contribution in [0.3, 0.4) is 0 Å². The quantitative estimate of drug-likeness (QED) is 0.841. The summed E-state index contributed by atoms with van der Waals surface area (Å²) in [6.45, 7) is 3.17. The van der Waals surface area contributed by atoms with Gasteiger partial charge in [0.1, 0.15) is 11.3 Å². The Labute approximate surface area is 146 Å². The number of ether oxygens (including phenoxy) is 1. The Morgan fingerprint density at radius 2 is 2.16 bits per heavy atom. The van der Waals surface area contributed by atoms with Gasteiger partial charge in [-0.1, -0.05) is 0 Å². The molecule has 6 heteroatoms. The normalized spacial score (nSPS) is 23.2. The van der Waals surface area contributed by atoms with Crippen molar-refractivity contribution in [3.8, 4) is 5.75 Å². The molecular weight excluding hydrogens is 320 g/mol. The van der Waals surface area contributed by atoms with Crippen LogP contribution in [-0.2, 0) is 4.79 Å². The second kappa shape index (κ2) is 5.79. The maximum absolute atomic E-state index is 13.0. The zero-order valence-corrected chi connectivity index (χ0v) is 14.7. The number of benzene rings is 1. The van der Waals surface area contributed by atoms with Crippen LogP contribution in [0.2, 0.25) is 0 Å². The average molecular weight is 342 g/mol. The van der Waals surface area contributed by atoms with Crippen molar-refractivity contribution in [2.75, 3.05) is 27.2 Å². The maximum atomic E-state index is 13.0. The minimum atomic E-state index is -0.0897. The summed E-state index contributed by atoms with van der Waals surface area (Å²) in [4.78, 5) is 28.6. The fourth-order valence-corrected chi connectivity index (χ4v) is 4.15. The second-order valence-corrected chi connectivity index (χ2v) is 6.99. The van der Waals surface area contributed by atoms with Crippen molar-refractivity contribution >= 4 is 22.8 Å². The van der Waals surface area contributed by atoms with Crippen LogP contribution in [0.25, 0.3) is 11.0 Å². The third-order valence-electron chi connectivity index (χ3n) is 5.65. The zero-order valence-electron chi connectivity index (χ0n) is 14.7. The molecule has 2 atom stereocenters. The largest absolute Gasteiger partial charge is 0.497 e. The first-order valence-corrected chi connectivity index (χ1v) is 8.61. The number of methoxy groups -OCH3 is 1. The summed E-state index contributed by atoms with van der Waals surface area (Å²) in [7, 11) is 3.47. The van der Waals surface area contributed by atoms with Crippen molar-refractivity contribution in [1.82, 2.24) is 9.80 Å². The molecule has 132 valence electrons. The molecule has 2 aliphatic heterocycles. The number of amides is 2. The van der Waals surface area contributed by atoms with Crippen LogP contribution in [0.5, 0.6) is 5.75 Å². The Hall–Kier alpha value is -2.50. The van der Waals surface area contributed by atoms with Crippen LogP contribution in [0.4, 0.5) is 0 Å². The number of fused-ring (bicyclic) bond motifs is 2. The van der Waals surface area contributed by atoms with Gasteiger partial charge >= 0.3 is 0 Å². The van der Waals surface area contributed by atoms with Gasteiger partial charge < -0.3 is 19.0 Å². The number of hydrogen-bond acceptors (Lipinski definition) is 4. The van der Waals surface area contributed by atoms with Crippen LogP contribution < -0.4 is 4.74 Å². The number of likely N-dealkylation sites (tertiary alicyclic amines) is 2. The van der Waals surface area contributed by atoms with E-state index < -0.39 is 0 Å². The van der Waals surface area contributed by atoms with Gasteiger partial charge in [0, 0.05) is 55.5 Å². The van der Waals surface area contributed by atoms with Gasteiger partial charge in [0.2, 0.25) is 5.91 Å². The summed E-state index contributed by atoms with van der Waals surface area (Å²) < 4.78 is 11.1. The molecule has 4 rings (SSSR count). The van der Waals surface area contributed by atoms with E-state index in [1.807, 2.05) is 35.9 Å². The molecule has 0 radical (unpaired) electrons. The monoisotopic (exact) mass is 342 g/mol. The van der Waals surface area contributed by atoms with E-state index in [4.69, 9.17) is 9.15 Å². The van der Waals surface area contributed by atoms with E-state index >= 15 is 0 Å². The minimum absolute atomic E-state index is 0.0897. The first-order valence-electron chi connectivity index (χ1n) is 8.61. The van der Waals surface area contributed by atoms with Crippen LogP contribution in [0.15, 0.2) is 22.6 Å².